The zero-order chi connectivity index (χ0) is 21.7. The minimum Gasteiger partial charge on any atom is -0.436 e. The Morgan fingerprint density at radius 2 is 1.71 bits per heavy atom. The summed E-state index contributed by atoms with van der Waals surface area (Å²) in [5, 5.41) is 4.76. The summed E-state index contributed by atoms with van der Waals surface area (Å²) in [5.41, 5.74) is 12.4. The third-order valence-electron chi connectivity index (χ3n) is 4.89. The van der Waals surface area contributed by atoms with E-state index in [1.807, 2.05) is 6.07 Å². The number of rotatable bonds is 3. The van der Waals surface area contributed by atoms with Crippen molar-refractivity contribution < 1.29 is 14.0 Å². The second-order valence-corrected chi connectivity index (χ2v) is 7.86. The number of benzene rings is 2. The maximum atomic E-state index is 13.1. The van der Waals surface area contributed by atoms with E-state index in [0.717, 1.165) is 11.3 Å². The summed E-state index contributed by atoms with van der Waals surface area (Å²) < 4.78 is 6.32. The molecule has 8 nitrogen and oxygen atoms in total. The average Bonchev–Trinajstić information content (AvgIpc) is 3.27. The molecule has 31 heavy (non-hydrogen) atoms. The molecule has 0 spiro atoms. The lowest BCUT2D eigenvalue weighted by molar-refractivity contribution is 0.0943. The van der Waals surface area contributed by atoms with Crippen molar-refractivity contribution in [2.75, 3.05) is 11.5 Å². The Hall–Kier alpha value is -4.24. The van der Waals surface area contributed by atoms with Gasteiger partial charge in [-0.15, -0.1) is 16.4 Å². The third-order valence-corrected chi connectivity index (χ3v) is 5.92. The molecular formula is C22H14N4O4S. The molecule has 9 heteroatoms. The monoisotopic (exact) mass is 430 g/mol. The number of hydrogen-bond donors (Lipinski definition) is 2. The molecule has 4 N–H and O–H groups in total. The lowest BCUT2D eigenvalue weighted by Crippen LogP contribution is -2.26. The van der Waals surface area contributed by atoms with Gasteiger partial charge in [0.2, 0.25) is 11.7 Å². The number of nitrogens with two attached hydrogens (primary N) is 2. The topological polar surface area (TPSA) is 134 Å². The number of aromatic nitrogens is 2. The van der Waals surface area contributed by atoms with E-state index in [4.69, 9.17) is 15.9 Å². The van der Waals surface area contributed by atoms with Crippen LogP contribution in [0.5, 0.6) is 0 Å². The molecule has 0 bridgehead atoms. The summed E-state index contributed by atoms with van der Waals surface area (Å²) in [6.45, 7) is 0. The molecule has 0 unspecified atom stereocenters. The largest absolute Gasteiger partial charge is 0.436 e. The first-order valence-electron chi connectivity index (χ1n) is 9.19. The minimum atomic E-state index is -0.821. The summed E-state index contributed by atoms with van der Waals surface area (Å²) in [5.74, 6) is -1.16. The van der Waals surface area contributed by atoms with Crippen LogP contribution in [-0.4, -0.2) is 21.5 Å². The molecule has 0 amide bonds. The van der Waals surface area contributed by atoms with Crippen LogP contribution in [0.4, 0.5) is 10.7 Å². The fourth-order valence-corrected chi connectivity index (χ4v) is 4.30. The fourth-order valence-electron chi connectivity index (χ4n) is 3.36. The Morgan fingerprint density at radius 3 is 2.48 bits per heavy atom. The van der Waals surface area contributed by atoms with Crippen LogP contribution in [0, 0.1) is 0 Å². The molecule has 3 heterocycles. The van der Waals surface area contributed by atoms with Crippen LogP contribution >= 0.6 is 11.3 Å². The van der Waals surface area contributed by atoms with Gasteiger partial charge in [-0.1, -0.05) is 48.5 Å². The predicted octanol–water partition coefficient (Wildman–Crippen LogP) is 3.24. The molecule has 2 aromatic carbocycles. The molecule has 1 aromatic heterocycles. The molecule has 0 saturated carbocycles. The number of nitrogens with zero attached hydrogens (tertiary/aromatic N) is 2. The van der Waals surface area contributed by atoms with Gasteiger partial charge in [-0.05, 0) is 12.1 Å². The lowest BCUT2D eigenvalue weighted by atomic mass is 10.1. The molecule has 0 aliphatic carbocycles. The molecule has 152 valence electrons. The van der Waals surface area contributed by atoms with Crippen molar-refractivity contribution in [1.82, 2.24) is 9.78 Å². The van der Waals surface area contributed by atoms with E-state index in [1.165, 1.54) is 0 Å². The maximum Gasteiger partial charge on any atom is 0.287 e. The smallest absolute Gasteiger partial charge is 0.287 e. The lowest BCUT2D eigenvalue weighted by Gasteiger charge is -2.02. The SMILES string of the molecule is Nc1sc(C(=O)c2ccccc2)c(N)c1C(=O)n1nc2oc3ccccc3cc-2c1=O. The van der Waals surface area contributed by atoms with Crippen LogP contribution in [0.3, 0.4) is 0 Å². The first kappa shape index (κ1) is 18.8. The average molecular weight is 430 g/mol. The molecule has 0 atom stereocenters. The van der Waals surface area contributed by atoms with Gasteiger partial charge in [-0.25, -0.2) is 0 Å². The number of nitrogen functional groups attached to an aromatic ring is 2. The van der Waals surface area contributed by atoms with E-state index in [0.29, 0.717) is 21.2 Å². The van der Waals surface area contributed by atoms with Gasteiger partial charge in [0, 0.05) is 10.9 Å². The van der Waals surface area contributed by atoms with E-state index in [9.17, 15) is 14.4 Å². The number of anilines is 2. The van der Waals surface area contributed by atoms with Gasteiger partial charge in [0.15, 0.2) is 0 Å². The van der Waals surface area contributed by atoms with E-state index in [1.54, 1.807) is 54.6 Å². The number of carbonyl (C=O) groups is 2. The summed E-state index contributed by atoms with van der Waals surface area (Å²) >= 11 is 0.898. The van der Waals surface area contributed by atoms with Crippen molar-refractivity contribution >= 4 is 44.7 Å². The number of ketones is 1. The second kappa shape index (κ2) is 6.92. The van der Waals surface area contributed by atoms with Gasteiger partial charge in [-0.2, -0.15) is 4.68 Å². The number of fused-ring (bicyclic) bond motifs is 2. The van der Waals surface area contributed by atoms with Crippen LogP contribution in [-0.2, 0) is 0 Å². The minimum absolute atomic E-state index is 0.0185. The highest BCUT2D eigenvalue weighted by Gasteiger charge is 2.29. The van der Waals surface area contributed by atoms with Gasteiger partial charge in [0.1, 0.15) is 21.0 Å². The quantitative estimate of drug-likeness (QED) is 0.420. The standard InChI is InChI=1S/C22H14N4O4S/c23-16-15(19(24)31-18(16)17(27)11-6-2-1-3-7-11)22(29)26-21(28)13-10-12-8-4-5-9-14(12)30-20(13)25-26/h1-10H,23-24H2. The van der Waals surface area contributed by atoms with Crippen LogP contribution < -0.4 is 17.0 Å². The maximum absolute atomic E-state index is 13.1. The van der Waals surface area contributed by atoms with Gasteiger partial charge in [-0.3, -0.25) is 14.4 Å². The van der Waals surface area contributed by atoms with E-state index < -0.39 is 11.5 Å². The Balaban J connectivity index is 1.62. The third kappa shape index (κ3) is 2.90. The van der Waals surface area contributed by atoms with Crippen LogP contribution in [0.2, 0.25) is 0 Å². The summed E-state index contributed by atoms with van der Waals surface area (Å²) in [6.07, 6.45) is 0. The number of para-hydroxylation sites is 1. The van der Waals surface area contributed by atoms with Crippen molar-refractivity contribution in [1.29, 1.82) is 0 Å². The zero-order valence-corrected chi connectivity index (χ0v) is 16.7. The van der Waals surface area contributed by atoms with Gasteiger partial charge < -0.3 is 15.9 Å². The van der Waals surface area contributed by atoms with Crippen molar-refractivity contribution in [3.63, 3.8) is 0 Å². The first-order chi connectivity index (χ1) is 15.0. The summed E-state index contributed by atoms with van der Waals surface area (Å²) in [7, 11) is 0. The fraction of sp³-hybridized carbons (Fsp3) is 0. The van der Waals surface area contributed by atoms with E-state index in [-0.39, 0.29) is 38.4 Å². The van der Waals surface area contributed by atoms with Crippen molar-refractivity contribution in [3.05, 3.63) is 87.0 Å². The van der Waals surface area contributed by atoms with Crippen LogP contribution in [0.1, 0.15) is 25.6 Å². The highest BCUT2D eigenvalue weighted by atomic mass is 32.1. The predicted molar refractivity (Wildman–Crippen MR) is 118 cm³/mol. The highest BCUT2D eigenvalue weighted by Crippen LogP contribution is 2.35. The van der Waals surface area contributed by atoms with E-state index in [2.05, 4.69) is 5.10 Å². The molecule has 2 aliphatic rings. The zero-order valence-electron chi connectivity index (χ0n) is 15.9. The number of carbonyl (C=O) groups excluding carboxylic acids is 2. The van der Waals surface area contributed by atoms with Crippen molar-refractivity contribution in [2.45, 2.75) is 0 Å². The molecule has 0 saturated heterocycles. The second-order valence-electron chi connectivity index (χ2n) is 6.80. The number of hydrogen-bond acceptors (Lipinski definition) is 8. The van der Waals surface area contributed by atoms with Gasteiger partial charge in [0.05, 0.1) is 11.3 Å². The molecular weight excluding hydrogens is 416 g/mol. The van der Waals surface area contributed by atoms with Crippen LogP contribution in [0.25, 0.3) is 22.4 Å². The molecule has 2 aliphatic heterocycles. The first-order valence-corrected chi connectivity index (χ1v) is 10.0. The Bertz CT molecular complexity index is 1510. The Kier molecular flexibility index (Phi) is 4.19. The molecule has 3 aromatic rings. The van der Waals surface area contributed by atoms with Crippen molar-refractivity contribution in [3.8, 4) is 11.5 Å². The Labute approximate surface area is 178 Å². The summed E-state index contributed by atoms with van der Waals surface area (Å²) in [6, 6.07) is 17.2. The van der Waals surface area contributed by atoms with Gasteiger partial charge >= 0.3 is 0 Å². The van der Waals surface area contributed by atoms with Crippen molar-refractivity contribution in [2.24, 2.45) is 0 Å². The van der Waals surface area contributed by atoms with Gasteiger partial charge in [0.25, 0.3) is 11.5 Å². The number of thiophene rings is 1. The normalized spacial score (nSPS) is 11.2. The summed E-state index contributed by atoms with van der Waals surface area (Å²) in [4.78, 5) is 38.9. The molecule has 5 rings (SSSR count). The molecule has 0 radical (unpaired) electrons. The highest BCUT2D eigenvalue weighted by molar-refractivity contribution is 7.19. The Morgan fingerprint density at radius 1 is 1.00 bits per heavy atom. The van der Waals surface area contributed by atoms with Crippen LogP contribution in [0.15, 0.2) is 69.9 Å². The molecule has 0 fully saturated rings. The van der Waals surface area contributed by atoms with E-state index >= 15 is 0 Å².